The molecule has 1 amide bonds. The van der Waals surface area contributed by atoms with Gasteiger partial charge in [0.15, 0.2) is 0 Å². The number of rotatable bonds is 7. The van der Waals surface area contributed by atoms with E-state index < -0.39 is 0 Å². The maximum absolute atomic E-state index is 13.9. The molecule has 0 unspecified atom stereocenters. The van der Waals surface area contributed by atoms with Crippen LogP contribution in [-0.4, -0.2) is 63.4 Å². The van der Waals surface area contributed by atoms with Gasteiger partial charge < -0.3 is 24.0 Å². The second-order valence-corrected chi connectivity index (χ2v) is 9.48. The molecule has 5 rings (SSSR count). The lowest BCUT2D eigenvalue weighted by molar-refractivity contribution is 0.0784. The summed E-state index contributed by atoms with van der Waals surface area (Å²) in [6.45, 7) is 5.30. The number of aryl methyl sites for hydroxylation is 1. The van der Waals surface area contributed by atoms with E-state index in [0.717, 1.165) is 63.4 Å². The van der Waals surface area contributed by atoms with Crippen LogP contribution in [0.3, 0.4) is 0 Å². The van der Waals surface area contributed by atoms with Crippen molar-refractivity contribution < 1.29 is 19.0 Å². The summed E-state index contributed by atoms with van der Waals surface area (Å²) in [7, 11) is 5.12. The molecule has 0 saturated carbocycles. The van der Waals surface area contributed by atoms with Crippen LogP contribution in [0.25, 0.3) is 21.9 Å². The van der Waals surface area contributed by atoms with Crippen molar-refractivity contribution in [3.8, 4) is 22.6 Å². The van der Waals surface area contributed by atoms with E-state index in [9.17, 15) is 4.79 Å². The molecular formula is C31H33N3O4. The lowest BCUT2D eigenvalue weighted by Gasteiger charge is -2.29. The van der Waals surface area contributed by atoms with E-state index in [1.165, 1.54) is 0 Å². The average Bonchev–Trinajstić information content (AvgIpc) is 2.96. The minimum Gasteiger partial charge on any atom is -0.496 e. The molecule has 0 radical (unpaired) electrons. The summed E-state index contributed by atoms with van der Waals surface area (Å²) in [6, 6.07) is 20.1. The topological polar surface area (TPSA) is 64.1 Å². The van der Waals surface area contributed by atoms with Gasteiger partial charge in [-0.05, 0) is 35.7 Å². The standard InChI is InChI=1S/C31H33N3O4/c1-21-9-5-6-10-23(21)26-18-29(34-13-15-38-16-14-34)32-19-27(26)31(35)33(2)20-22-17-28(36-3)24-11-7-8-12-25(24)30(22)37-4/h5-12,17-19H,13-16,20H2,1-4H3. The van der Waals surface area contributed by atoms with Crippen LogP contribution in [0.5, 0.6) is 11.5 Å². The number of hydrogen-bond donors (Lipinski definition) is 0. The van der Waals surface area contributed by atoms with Gasteiger partial charge in [0.25, 0.3) is 5.91 Å². The second-order valence-electron chi connectivity index (χ2n) is 9.48. The van der Waals surface area contributed by atoms with E-state index in [4.69, 9.17) is 19.2 Å². The van der Waals surface area contributed by atoms with Gasteiger partial charge in [-0.15, -0.1) is 0 Å². The summed E-state index contributed by atoms with van der Waals surface area (Å²) in [5.74, 6) is 2.22. The summed E-state index contributed by atoms with van der Waals surface area (Å²) >= 11 is 0. The van der Waals surface area contributed by atoms with E-state index in [1.807, 2.05) is 48.5 Å². The number of aromatic nitrogens is 1. The average molecular weight is 512 g/mol. The van der Waals surface area contributed by atoms with Gasteiger partial charge in [0, 0.05) is 49.2 Å². The molecule has 1 saturated heterocycles. The van der Waals surface area contributed by atoms with Gasteiger partial charge in [-0.2, -0.15) is 0 Å². The summed E-state index contributed by atoms with van der Waals surface area (Å²) in [5, 5.41) is 1.91. The van der Waals surface area contributed by atoms with Crippen LogP contribution in [0.2, 0.25) is 0 Å². The van der Waals surface area contributed by atoms with E-state index >= 15 is 0 Å². The molecule has 1 aliphatic heterocycles. The van der Waals surface area contributed by atoms with Crippen LogP contribution in [0.15, 0.2) is 66.9 Å². The van der Waals surface area contributed by atoms with Crippen molar-refractivity contribution in [3.05, 3.63) is 83.6 Å². The Morgan fingerprint density at radius 3 is 2.39 bits per heavy atom. The van der Waals surface area contributed by atoms with Crippen molar-refractivity contribution in [2.45, 2.75) is 13.5 Å². The van der Waals surface area contributed by atoms with Crippen LogP contribution in [0.1, 0.15) is 21.5 Å². The van der Waals surface area contributed by atoms with Crippen molar-refractivity contribution in [1.82, 2.24) is 9.88 Å². The third-order valence-corrected chi connectivity index (χ3v) is 7.10. The summed E-state index contributed by atoms with van der Waals surface area (Å²) in [4.78, 5) is 22.6. The van der Waals surface area contributed by atoms with Gasteiger partial charge in [0.2, 0.25) is 0 Å². The molecular weight excluding hydrogens is 478 g/mol. The molecule has 0 bridgehead atoms. The first-order chi connectivity index (χ1) is 18.5. The zero-order chi connectivity index (χ0) is 26.6. The number of methoxy groups -OCH3 is 2. The van der Waals surface area contributed by atoms with Crippen molar-refractivity contribution in [2.75, 3.05) is 52.5 Å². The molecule has 2 heterocycles. The monoisotopic (exact) mass is 511 g/mol. The van der Waals surface area contributed by atoms with Crippen LogP contribution < -0.4 is 14.4 Å². The third kappa shape index (κ3) is 4.89. The lowest BCUT2D eigenvalue weighted by Crippen LogP contribution is -2.37. The quantitative estimate of drug-likeness (QED) is 0.334. The smallest absolute Gasteiger partial charge is 0.256 e. The van der Waals surface area contributed by atoms with E-state index in [2.05, 4.69) is 24.0 Å². The highest BCUT2D eigenvalue weighted by molar-refractivity contribution is 6.01. The number of benzene rings is 3. The summed E-state index contributed by atoms with van der Waals surface area (Å²) in [6.07, 6.45) is 1.71. The maximum Gasteiger partial charge on any atom is 0.256 e. The molecule has 0 N–H and O–H groups in total. The minimum atomic E-state index is -0.113. The molecule has 38 heavy (non-hydrogen) atoms. The number of pyridine rings is 1. The maximum atomic E-state index is 13.9. The number of ether oxygens (including phenoxy) is 3. The minimum absolute atomic E-state index is 0.113. The highest BCUT2D eigenvalue weighted by Gasteiger charge is 2.23. The number of morpholine rings is 1. The van der Waals surface area contributed by atoms with Crippen LogP contribution in [0.4, 0.5) is 5.82 Å². The molecule has 0 aliphatic carbocycles. The predicted molar refractivity (Wildman–Crippen MR) is 150 cm³/mol. The first-order valence-electron chi connectivity index (χ1n) is 12.8. The molecule has 7 nitrogen and oxygen atoms in total. The third-order valence-electron chi connectivity index (χ3n) is 7.10. The molecule has 4 aromatic rings. The van der Waals surface area contributed by atoms with Crippen molar-refractivity contribution in [1.29, 1.82) is 0 Å². The van der Waals surface area contributed by atoms with Gasteiger partial charge in [-0.1, -0.05) is 48.5 Å². The molecule has 1 fully saturated rings. The lowest BCUT2D eigenvalue weighted by atomic mass is 9.96. The zero-order valence-corrected chi connectivity index (χ0v) is 22.4. The Labute approximate surface area is 223 Å². The van der Waals surface area contributed by atoms with E-state index in [0.29, 0.717) is 25.3 Å². The number of fused-ring (bicyclic) bond motifs is 1. The fourth-order valence-corrected chi connectivity index (χ4v) is 5.11. The Balaban J connectivity index is 1.53. The second kappa shape index (κ2) is 11.1. The Morgan fingerprint density at radius 1 is 0.974 bits per heavy atom. The first-order valence-corrected chi connectivity index (χ1v) is 12.8. The van der Waals surface area contributed by atoms with Gasteiger partial charge in [0.05, 0.1) is 33.0 Å². The summed E-state index contributed by atoms with van der Waals surface area (Å²) in [5.41, 5.74) is 4.43. The highest BCUT2D eigenvalue weighted by atomic mass is 16.5. The number of hydrogen-bond acceptors (Lipinski definition) is 6. The SMILES string of the molecule is COc1cc(CN(C)C(=O)c2cnc(N3CCOCC3)cc2-c2ccccc2C)c(OC)c2ccccc12. The number of carbonyl (C=O) groups excluding carboxylic acids is 1. The Bertz CT molecular complexity index is 1460. The van der Waals surface area contributed by atoms with Crippen molar-refractivity contribution >= 4 is 22.5 Å². The largest absolute Gasteiger partial charge is 0.496 e. The fourth-order valence-electron chi connectivity index (χ4n) is 5.11. The molecule has 0 atom stereocenters. The van der Waals surface area contributed by atoms with Crippen LogP contribution >= 0.6 is 0 Å². The number of nitrogens with zero attached hydrogens (tertiary/aromatic N) is 3. The fraction of sp³-hybridized carbons (Fsp3) is 0.290. The summed E-state index contributed by atoms with van der Waals surface area (Å²) < 4.78 is 17.0. The Kier molecular flexibility index (Phi) is 7.47. The Hall–Kier alpha value is -4.10. The molecule has 7 heteroatoms. The normalized spacial score (nSPS) is 13.4. The molecule has 196 valence electrons. The van der Waals surface area contributed by atoms with Gasteiger partial charge >= 0.3 is 0 Å². The van der Waals surface area contributed by atoms with Gasteiger partial charge in [-0.3, -0.25) is 4.79 Å². The molecule has 3 aromatic carbocycles. The number of anilines is 1. The van der Waals surface area contributed by atoms with Gasteiger partial charge in [-0.25, -0.2) is 4.98 Å². The first kappa shape index (κ1) is 25.5. The van der Waals surface area contributed by atoms with Crippen molar-refractivity contribution in [3.63, 3.8) is 0 Å². The molecule has 1 aromatic heterocycles. The van der Waals surface area contributed by atoms with Crippen LogP contribution in [0, 0.1) is 6.92 Å². The number of amides is 1. The van der Waals surface area contributed by atoms with E-state index in [-0.39, 0.29) is 5.91 Å². The predicted octanol–water partition coefficient (Wildman–Crippen LogP) is 5.34. The van der Waals surface area contributed by atoms with Crippen molar-refractivity contribution in [2.24, 2.45) is 0 Å². The molecule has 1 aliphatic rings. The Morgan fingerprint density at radius 2 is 1.68 bits per heavy atom. The number of carbonyl (C=O) groups is 1. The van der Waals surface area contributed by atoms with Gasteiger partial charge in [0.1, 0.15) is 17.3 Å². The van der Waals surface area contributed by atoms with Crippen LogP contribution in [-0.2, 0) is 11.3 Å². The van der Waals surface area contributed by atoms with E-state index in [1.54, 1.807) is 32.4 Å². The highest BCUT2D eigenvalue weighted by Crippen LogP contribution is 2.37. The molecule has 0 spiro atoms. The zero-order valence-electron chi connectivity index (χ0n) is 22.4.